The molecule has 0 saturated heterocycles. The normalized spacial score (nSPS) is 14.0. The third kappa shape index (κ3) is 4.39. The van der Waals surface area contributed by atoms with Crippen LogP contribution in [0.2, 0.25) is 0 Å². The summed E-state index contributed by atoms with van der Waals surface area (Å²) in [5.74, 6) is 1.66. The van der Waals surface area contributed by atoms with Crippen molar-refractivity contribution in [1.82, 2.24) is 0 Å². The summed E-state index contributed by atoms with van der Waals surface area (Å²) >= 11 is 0. The number of hydrogen-bond donors (Lipinski definition) is 0. The van der Waals surface area contributed by atoms with Crippen LogP contribution in [-0.4, -0.2) is 0 Å². The van der Waals surface area contributed by atoms with Crippen LogP contribution in [0, 0.1) is 0 Å². The highest BCUT2D eigenvalue weighted by atomic mass is 16.5. The zero-order valence-electron chi connectivity index (χ0n) is 28.4. The van der Waals surface area contributed by atoms with Gasteiger partial charge in [0.2, 0.25) is 0 Å². The van der Waals surface area contributed by atoms with Gasteiger partial charge < -0.3 is 14.1 Å². The van der Waals surface area contributed by atoms with Crippen molar-refractivity contribution in [3.8, 4) is 16.9 Å². The van der Waals surface area contributed by atoms with E-state index in [0.29, 0.717) is 0 Å². The lowest BCUT2D eigenvalue weighted by Gasteiger charge is -2.41. The van der Waals surface area contributed by atoms with Gasteiger partial charge in [-0.3, -0.25) is 0 Å². The average Bonchev–Trinajstić information content (AvgIpc) is 3.72. The SMILES string of the molecule is C=C/C=C\C1=C(c2ccc(N(c3ccccc3)c3ccc4c(c3)oc3ccccc34)cc2)C2(c3ccccc3O1)c1ccccc1-c1ccccc12. The molecule has 0 bridgehead atoms. The number of furan rings is 1. The average molecular weight is 668 g/mol. The molecule has 1 aromatic heterocycles. The number of anilines is 3. The molecule has 0 amide bonds. The van der Waals surface area contributed by atoms with E-state index in [2.05, 4.69) is 175 Å². The zero-order valence-corrected chi connectivity index (χ0v) is 28.4. The number of para-hydroxylation sites is 3. The van der Waals surface area contributed by atoms with E-state index >= 15 is 0 Å². The molecule has 0 radical (unpaired) electrons. The summed E-state index contributed by atoms with van der Waals surface area (Å²) in [6, 6.07) is 60.2. The summed E-state index contributed by atoms with van der Waals surface area (Å²) in [7, 11) is 0. The molecule has 10 rings (SSSR count). The van der Waals surface area contributed by atoms with Gasteiger partial charge in [-0.05, 0) is 82.4 Å². The van der Waals surface area contributed by atoms with E-state index in [1.54, 1.807) is 6.08 Å². The Morgan fingerprint density at radius 2 is 1.12 bits per heavy atom. The van der Waals surface area contributed by atoms with E-state index in [9.17, 15) is 0 Å². The largest absolute Gasteiger partial charge is 0.457 e. The molecule has 0 N–H and O–H groups in total. The molecule has 8 aromatic rings. The van der Waals surface area contributed by atoms with E-state index in [4.69, 9.17) is 9.15 Å². The quantitative estimate of drug-likeness (QED) is 0.165. The molecule has 2 heterocycles. The minimum atomic E-state index is -0.601. The minimum Gasteiger partial charge on any atom is -0.457 e. The highest BCUT2D eigenvalue weighted by Crippen LogP contribution is 2.63. The maximum Gasteiger partial charge on any atom is 0.137 e. The Morgan fingerprint density at radius 1 is 0.519 bits per heavy atom. The maximum atomic E-state index is 6.82. The molecule has 0 fully saturated rings. The lowest BCUT2D eigenvalue weighted by atomic mass is 9.64. The molecule has 0 saturated carbocycles. The minimum absolute atomic E-state index is 0.601. The van der Waals surface area contributed by atoms with Crippen LogP contribution in [0.25, 0.3) is 38.6 Å². The molecule has 52 heavy (non-hydrogen) atoms. The van der Waals surface area contributed by atoms with E-state index in [1.165, 1.54) is 22.3 Å². The molecule has 1 aliphatic carbocycles. The van der Waals surface area contributed by atoms with Gasteiger partial charge in [0.15, 0.2) is 0 Å². The van der Waals surface area contributed by atoms with Gasteiger partial charge in [0, 0.05) is 45.0 Å². The van der Waals surface area contributed by atoms with E-state index in [1.807, 2.05) is 18.2 Å². The first-order valence-electron chi connectivity index (χ1n) is 17.6. The van der Waals surface area contributed by atoms with E-state index in [-0.39, 0.29) is 0 Å². The Kier molecular flexibility index (Phi) is 6.87. The molecule has 0 unspecified atom stereocenters. The first kappa shape index (κ1) is 30.0. The number of fused-ring (bicyclic) bond motifs is 10. The van der Waals surface area contributed by atoms with Crippen molar-refractivity contribution < 1.29 is 9.15 Å². The van der Waals surface area contributed by atoms with Gasteiger partial charge >= 0.3 is 0 Å². The topological polar surface area (TPSA) is 25.6 Å². The molecular formula is C49H33NO2. The second-order valence-electron chi connectivity index (χ2n) is 13.3. The molecule has 1 spiro atoms. The van der Waals surface area contributed by atoms with Crippen molar-refractivity contribution in [3.63, 3.8) is 0 Å². The molecule has 1 aliphatic heterocycles. The van der Waals surface area contributed by atoms with Gasteiger partial charge in [-0.2, -0.15) is 0 Å². The van der Waals surface area contributed by atoms with Gasteiger partial charge in [-0.25, -0.2) is 0 Å². The molecule has 2 aliphatic rings. The Labute approximate surface area is 302 Å². The number of benzene rings is 7. The molecular weight excluding hydrogens is 635 g/mol. The van der Waals surface area contributed by atoms with Gasteiger partial charge in [-0.15, -0.1) is 0 Å². The van der Waals surface area contributed by atoms with E-state index in [0.717, 1.165) is 67.2 Å². The second-order valence-corrected chi connectivity index (χ2v) is 13.3. The summed E-state index contributed by atoms with van der Waals surface area (Å²) in [6.45, 7) is 3.99. The van der Waals surface area contributed by atoms with Crippen LogP contribution >= 0.6 is 0 Å². The smallest absolute Gasteiger partial charge is 0.137 e. The number of ether oxygens (including phenoxy) is 1. The fourth-order valence-corrected chi connectivity index (χ4v) is 8.44. The third-order valence-electron chi connectivity index (χ3n) is 10.5. The fourth-order valence-electron chi connectivity index (χ4n) is 8.44. The predicted octanol–water partition coefficient (Wildman–Crippen LogP) is 12.9. The van der Waals surface area contributed by atoms with Crippen molar-refractivity contribution in [1.29, 1.82) is 0 Å². The van der Waals surface area contributed by atoms with Gasteiger partial charge in [-0.1, -0.05) is 134 Å². The molecule has 246 valence electrons. The van der Waals surface area contributed by atoms with Crippen molar-refractivity contribution in [3.05, 3.63) is 223 Å². The monoisotopic (exact) mass is 667 g/mol. The van der Waals surface area contributed by atoms with E-state index < -0.39 is 5.41 Å². The van der Waals surface area contributed by atoms with Gasteiger partial charge in [0.05, 0.1) is 5.41 Å². The standard InChI is InChI=1S/C49H33NO2/c1-2-3-23-46-48(49(43-22-12-14-25-45(43)52-46)41-20-10-7-17-37(41)38-18-8-11-21-42(38)49)33-26-28-35(29-27-33)50(34-15-5-4-6-16-34)36-30-31-40-39-19-9-13-24-44(39)51-47(40)32-36/h2-32H,1H2/b23-3-. The Balaban J connectivity index is 1.19. The van der Waals surface area contributed by atoms with Gasteiger partial charge in [0.1, 0.15) is 22.7 Å². The highest BCUT2D eigenvalue weighted by Gasteiger charge is 2.52. The van der Waals surface area contributed by atoms with Crippen LogP contribution in [0.1, 0.15) is 22.3 Å². The Hall–Kier alpha value is -6.84. The van der Waals surface area contributed by atoms with Crippen LogP contribution in [0.3, 0.4) is 0 Å². The number of rotatable bonds is 6. The van der Waals surface area contributed by atoms with Crippen LogP contribution in [-0.2, 0) is 5.41 Å². The summed E-state index contributed by atoms with van der Waals surface area (Å²) in [4.78, 5) is 2.28. The van der Waals surface area contributed by atoms with Crippen molar-refractivity contribution in [2.45, 2.75) is 5.41 Å². The Morgan fingerprint density at radius 3 is 1.87 bits per heavy atom. The lowest BCUT2D eigenvalue weighted by molar-refractivity contribution is 0.418. The summed E-state index contributed by atoms with van der Waals surface area (Å²) < 4.78 is 13.2. The van der Waals surface area contributed by atoms with Gasteiger partial charge in [0.25, 0.3) is 0 Å². The number of nitrogens with zero attached hydrogens (tertiary/aromatic N) is 1. The molecule has 3 heteroatoms. The fraction of sp³-hybridized carbons (Fsp3) is 0.0204. The summed E-state index contributed by atoms with van der Waals surface area (Å²) in [6.07, 6.45) is 5.82. The van der Waals surface area contributed by atoms with Crippen LogP contribution in [0.15, 0.2) is 205 Å². The van der Waals surface area contributed by atoms with Crippen molar-refractivity contribution >= 4 is 44.6 Å². The molecule has 3 nitrogen and oxygen atoms in total. The number of hydrogen-bond acceptors (Lipinski definition) is 3. The Bertz CT molecular complexity index is 2690. The third-order valence-corrected chi connectivity index (χ3v) is 10.5. The molecule has 7 aromatic carbocycles. The maximum absolute atomic E-state index is 6.82. The van der Waals surface area contributed by atoms with Crippen LogP contribution in [0.5, 0.6) is 5.75 Å². The lowest BCUT2D eigenvalue weighted by Crippen LogP contribution is -2.33. The van der Waals surface area contributed by atoms with Crippen molar-refractivity contribution in [2.24, 2.45) is 0 Å². The zero-order chi connectivity index (χ0) is 34.6. The van der Waals surface area contributed by atoms with Crippen LogP contribution in [0.4, 0.5) is 17.1 Å². The summed E-state index contributed by atoms with van der Waals surface area (Å²) in [5.41, 5.74) is 12.6. The van der Waals surface area contributed by atoms with Crippen molar-refractivity contribution in [2.75, 3.05) is 4.90 Å². The first-order chi connectivity index (χ1) is 25.8. The first-order valence-corrected chi connectivity index (χ1v) is 17.6. The summed E-state index contributed by atoms with van der Waals surface area (Å²) in [5, 5.41) is 2.23. The second kappa shape index (κ2) is 11.9. The van der Waals surface area contributed by atoms with Crippen LogP contribution < -0.4 is 9.64 Å². The predicted molar refractivity (Wildman–Crippen MR) is 213 cm³/mol. The molecule has 0 atom stereocenters. The number of allylic oxidation sites excluding steroid dienone is 4. The highest BCUT2D eigenvalue weighted by molar-refractivity contribution is 6.06.